The first-order valence-corrected chi connectivity index (χ1v) is 32.0. The van der Waals surface area contributed by atoms with Crippen molar-refractivity contribution in [1.82, 2.24) is 10.2 Å². The highest BCUT2D eigenvalue weighted by molar-refractivity contribution is 8.00. The number of rotatable bonds is 55. The summed E-state index contributed by atoms with van der Waals surface area (Å²) in [7, 11) is -4.99. The quantitative estimate of drug-likeness (QED) is 0.0258. The smallest absolute Gasteiger partial charge is 0.305 e. The van der Waals surface area contributed by atoms with Crippen LogP contribution >= 0.6 is 19.6 Å². The van der Waals surface area contributed by atoms with Crippen molar-refractivity contribution in [2.45, 2.75) is 263 Å². The van der Waals surface area contributed by atoms with Crippen LogP contribution in [0.4, 0.5) is 0 Å². The predicted octanol–water partition coefficient (Wildman–Crippen LogP) is 11.4. The third-order valence-electron chi connectivity index (χ3n) is 13.3. The number of nitrogens with one attached hydrogen (secondary N) is 1. The van der Waals surface area contributed by atoms with Gasteiger partial charge in [-0.3, -0.25) is 47.8 Å². The van der Waals surface area contributed by atoms with Gasteiger partial charge in [0.05, 0.1) is 25.1 Å². The maximum absolute atomic E-state index is 12.9. The molecule has 1 aliphatic rings. The monoisotopic (exact) mass is 1120 g/mol. The summed E-state index contributed by atoms with van der Waals surface area (Å²) in [5, 5.41) is 1.98. The molecule has 76 heavy (non-hydrogen) atoms. The highest BCUT2D eigenvalue weighted by atomic mass is 32.2. The van der Waals surface area contributed by atoms with Crippen molar-refractivity contribution in [1.29, 1.82) is 0 Å². The van der Waals surface area contributed by atoms with Gasteiger partial charge in [-0.2, -0.15) is 0 Å². The second kappa shape index (κ2) is 47.9. The number of phosphoric ester groups is 1. The van der Waals surface area contributed by atoms with Gasteiger partial charge in [0.15, 0.2) is 0 Å². The number of Topliss-reactive ketones (excluding diaryl/α,β-unsaturated/α-hetero) is 3. The van der Waals surface area contributed by atoms with Crippen LogP contribution < -0.4 is 10.2 Å². The highest BCUT2D eigenvalue weighted by Gasteiger charge is 2.38. The number of unbranched alkanes of at least 4 members (excludes halogenated alkanes) is 24. The summed E-state index contributed by atoms with van der Waals surface area (Å²) in [6.45, 7) is 5.29. The maximum atomic E-state index is 12.9. The third-order valence-corrected chi connectivity index (χ3v) is 15.5. The molecule has 17 nitrogen and oxygen atoms in total. The van der Waals surface area contributed by atoms with Crippen molar-refractivity contribution < 1.29 is 71.1 Å². The molecule has 2 atom stereocenters. The van der Waals surface area contributed by atoms with E-state index in [9.17, 15) is 47.8 Å². The van der Waals surface area contributed by atoms with Gasteiger partial charge in [0, 0.05) is 76.6 Å². The number of carbonyl (C=O) groups excluding carboxylic acids is 8. The lowest BCUT2D eigenvalue weighted by Crippen LogP contribution is -2.36. The number of thioether (sulfide) groups is 1. The Hall–Kier alpha value is -3.02. The first-order chi connectivity index (χ1) is 36.7. The topological polar surface area (TPSA) is 238 Å². The lowest BCUT2D eigenvalue weighted by molar-refractivity contribution is -0.233. The van der Waals surface area contributed by atoms with Crippen LogP contribution in [0.1, 0.15) is 252 Å². The Bertz CT molecular complexity index is 1620. The van der Waals surface area contributed by atoms with Gasteiger partial charge in [-0.05, 0) is 26.2 Å². The molecule has 0 spiro atoms. The fourth-order valence-corrected chi connectivity index (χ4v) is 10.7. The minimum Gasteiger partial charge on any atom is -0.756 e. The molecule has 3 amide bonds. The van der Waals surface area contributed by atoms with Gasteiger partial charge in [-0.25, -0.2) is 0 Å². The minimum atomic E-state index is -4.99. The average Bonchev–Trinajstić information content (AvgIpc) is 3.65. The van der Waals surface area contributed by atoms with E-state index in [2.05, 4.69) is 19.2 Å². The van der Waals surface area contributed by atoms with E-state index in [-0.39, 0.29) is 120 Å². The minimum absolute atomic E-state index is 0.00709. The molecule has 0 bridgehead atoms. The van der Waals surface area contributed by atoms with E-state index in [0.29, 0.717) is 19.3 Å². The Morgan fingerprint density at radius 2 is 1.05 bits per heavy atom. The Kier molecular flexibility index (Phi) is 44.8. The average molecular weight is 1120 g/mol. The molecule has 1 N–H and O–H groups in total. The molecule has 1 saturated heterocycles. The second-order valence-electron chi connectivity index (χ2n) is 20.4. The number of hydrogen-bond acceptors (Lipinski definition) is 16. The number of ether oxygens (including phenoxy) is 3. The molecular formula is C57H100N2O15PS-. The molecule has 0 aromatic heterocycles. The van der Waals surface area contributed by atoms with E-state index in [1.165, 1.54) is 134 Å². The summed E-state index contributed by atoms with van der Waals surface area (Å²) in [5.74, 6) is -2.36. The van der Waals surface area contributed by atoms with Crippen LogP contribution in [0.15, 0.2) is 0 Å². The Morgan fingerprint density at radius 3 is 1.53 bits per heavy atom. The number of hydrogen-bond donors (Lipinski definition) is 1. The zero-order chi connectivity index (χ0) is 55.9. The van der Waals surface area contributed by atoms with Gasteiger partial charge < -0.3 is 33.5 Å². The van der Waals surface area contributed by atoms with Gasteiger partial charge in [0.2, 0.25) is 17.7 Å². The lowest BCUT2D eigenvalue weighted by Gasteiger charge is -2.27. The van der Waals surface area contributed by atoms with Crippen molar-refractivity contribution in [2.75, 3.05) is 51.9 Å². The summed E-state index contributed by atoms with van der Waals surface area (Å²) in [6, 6.07) is 0. The van der Waals surface area contributed by atoms with Gasteiger partial charge in [-0.15, -0.1) is 11.8 Å². The normalized spacial score (nSPS) is 14.3. The zero-order valence-electron chi connectivity index (χ0n) is 47.2. The molecule has 0 aromatic rings. The van der Waals surface area contributed by atoms with Crippen LogP contribution in [0.2, 0.25) is 0 Å². The molecule has 0 saturated carbocycles. The van der Waals surface area contributed by atoms with Crippen LogP contribution in [0.25, 0.3) is 0 Å². The van der Waals surface area contributed by atoms with Gasteiger partial charge in [0.1, 0.15) is 36.7 Å². The standard InChI is InChI=1S/C57H101N2O15PS/c1-4-6-8-10-12-14-16-18-20-22-24-26-28-32-55(65)71-46-51(47-72-56(66)33-29-27-25-23-21-19-17-15-13-11-9-7-5-2)74-75(68,69)73-41-30-31-49(61)34-35-50(62)38-44-76-52-45-54(64)59(57(52)67)40-36-53(63)58-39-43-70-42-37-48(3)60/h51-52H,4-47H2,1-3H3,(H,58,63)(H,68,69)/p-1. The number of phosphoric acid groups is 1. The van der Waals surface area contributed by atoms with Gasteiger partial charge in [-0.1, -0.05) is 168 Å². The lowest BCUT2D eigenvalue weighted by atomic mass is 10.0. The fraction of sp³-hybridized carbons (Fsp3) is 0.860. The molecule has 2 unspecified atom stereocenters. The number of ketones is 3. The van der Waals surface area contributed by atoms with E-state index < -0.39 is 56.1 Å². The molecule has 0 radical (unpaired) electrons. The molecule has 440 valence electrons. The summed E-state index contributed by atoms with van der Waals surface area (Å²) in [4.78, 5) is 113. The van der Waals surface area contributed by atoms with Crippen LogP contribution in [-0.2, 0) is 66.2 Å². The van der Waals surface area contributed by atoms with Crippen molar-refractivity contribution in [2.24, 2.45) is 0 Å². The molecule has 1 heterocycles. The SMILES string of the molecule is CCCCCCCCCCCCCCCC(=O)OCC(COC(=O)CCCCCCCCCCCCCCC)OP(=O)([O-])OCCCC(=O)CCC(=O)CCSC1CC(=O)N(CCC(=O)NCCOCCC(C)=O)C1=O. The predicted molar refractivity (Wildman–Crippen MR) is 295 cm³/mol. The number of nitrogens with zero attached hydrogens (tertiary/aromatic N) is 1. The first kappa shape index (κ1) is 71.0. The van der Waals surface area contributed by atoms with Gasteiger partial charge >= 0.3 is 11.9 Å². The largest absolute Gasteiger partial charge is 0.756 e. The Labute approximate surface area is 461 Å². The fourth-order valence-electron chi connectivity index (χ4n) is 8.60. The number of imide groups is 1. The molecule has 1 aliphatic heterocycles. The summed E-state index contributed by atoms with van der Waals surface area (Å²) >= 11 is 1.18. The molecule has 1 rings (SSSR count). The number of likely N-dealkylation sites (tertiary alicyclic amines) is 1. The second-order valence-corrected chi connectivity index (χ2v) is 23.1. The molecular weight excluding hydrogens is 1020 g/mol. The van der Waals surface area contributed by atoms with Crippen LogP contribution in [0.3, 0.4) is 0 Å². The molecule has 0 aliphatic carbocycles. The maximum Gasteiger partial charge on any atom is 0.305 e. The molecule has 0 aromatic carbocycles. The summed E-state index contributed by atoms with van der Waals surface area (Å²) in [5.41, 5.74) is 0. The summed E-state index contributed by atoms with van der Waals surface area (Å²) < 4.78 is 39.2. The van der Waals surface area contributed by atoms with Crippen molar-refractivity contribution in [3.05, 3.63) is 0 Å². The molecule has 1 fully saturated rings. The first-order valence-electron chi connectivity index (χ1n) is 29.5. The van der Waals surface area contributed by atoms with Crippen molar-refractivity contribution in [3.8, 4) is 0 Å². The van der Waals surface area contributed by atoms with Crippen LogP contribution in [-0.4, -0.2) is 115 Å². The highest BCUT2D eigenvalue weighted by Crippen LogP contribution is 2.40. The van der Waals surface area contributed by atoms with E-state index in [0.717, 1.165) is 43.4 Å². The van der Waals surface area contributed by atoms with E-state index in [1.807, 2.05) is 0 Å². The summed E-state index contributed by atoms with van der Waals surface area (Å²) in [6.07, 6.45) is 29.5. The third kappa shape index (κ3) is 42.0. The van der Waals surface area contributed by atoms with E-state index in [4.69, 9.17) is 23.3 Å². The Balaban J connectivity index is 2.44. The van der Waals surface area contributed by atoms with Crippen LogP contribution in [0.5, 0.6) is 0 Å². The number of carbonyl (C=O) groups is 8. The molecule has 19 heteroatoms. The van der Waals surface area contributed by atoms with Crippen LogP contribution in [0, 0.1) is 0 Å². The zero-order valence-corrected chi connectivity index (χ0v) is 48.9. The number of amides is 3. The van der Waals surface area contributed by atoms with Crippen molar-refractivity contribution in [3.63, 3.8) is 0 Å². The van der Waals surface area contributed by atoms with Gasteiger partial charge in [0.25, 0.3) is 7.82 Å². The van der Waals surface area contributed by atoms with E-state index in [1.54, 1.807) is 0 Å². The van der Waals surface area contributed by atoms with E-state index >= 15 is 0 Å². The Morgan fingerprint density at radius 1 is 0.592 bits per heavy atom. The number of esters is 2. The van der Waals surface area contributed by atoms with Crippen molar-refractivity contribution >= 4 is 66.6 Å².